The SMILES string of the molecule is Cc1ccc(F)c(NC(=O)Cc2ccc([N+](=O)[O-])cc2)c1. The number of nitro benzene ring substituents is 1. The van der Waals surface area contributed by atoms with E-state index in [1.54, 1.807) is 19.1 Å². The molecule has 6 heteroatoms. The number of nitrogens with zero attached hydrogens (tertiary/aromatic N) is 1. The fourth-order valence-electron chi connectivity index (χ4n) is 1.85. The van der Waals surface area contributed by atoms with E-state index in [0.717, 1.165) is 5.56 Å². The van der Waals surface area contributed by atoms with Gasteiger partial charge in [0.05, 0.1) is 17.0 Å². The topological polar surface area (TPSA) is 72.2 Å². The maximum atomic E-state index is 13.5. The van der Waals surface area contributed by atoms with Gasteiger partial charge in [-0.15, -0.1) is 0 Å². The molecule has 0 saturated carbocycles. The molecule has 2 rings (SSSR count). The third-order valence-corrected chi connectivity index (χ3v) is 2.91. The summed E-state index contributed by atoms with van der Waals surface area (Å²) in [6.45, 7) is 1.80. The third kappa shape index (κ3) is 3.85. The van der Waals surface area contributed by atoms with Crippen molar-refractivity contribution in [1.29, 1.82) is 0 Å². The van der Waals surface area contributed by atoms with Gasteiger partial charge in [-0.1, -0.05) is 18.2 Å². The van der Waals surface area contributed by atoms with Crippen molar-refractivity contribution in [2.75, 3.05) is 5.32 Å². The van der Waals surface area contributed by atoms with Gasteiger partial charge in [-0.3, -0.25) is 14.9 Å². The quantitative estimate of drug-likeness (QED) is 0.693. The van der Waals surface area contributed by atoms with Crippen molar-refractivity contribution >= 4 is 17.3 Å². The lowest BCUT2D eigenvalue weighted by atomic mass is 10.1. The van der Waals surface area contributed by atoms with Gasteiger partial charge in [0.15, 0.2) is 0 Å². The van der Waals surface area contributed by atoms with Crippen molar-refractivity contribution in [2.24, 2.45) is 0 Å². The molecule has 1 amide bonds. The van der Waals surface area contributed by atoms with Crippen molar-refractivity contribution < 1.29 is 14.1 Å². The number of nitro groups is 1. The summed E-state index contributed by atoms with van der Waals surface area (Å²) in [5.41, 5.74) is 1.54. The number of carbonyl (C=O) groups excluding carboxylic acids is 1. The molecule has 2 aromatic carbocycles. The first-order valence-corrected chi connectivity index (χ1v) is 6.25. The highest BCUT2D eigenvalue weighted by atomic mass is 19.1. The molecule has 108 valence electrons. The molecule has 1 N–H and O–H groups in total. The second-order valence-corrected chi connectivity index (χ2v) is 4.63. The molecular weight excluding hydrogens is 275 g/mol. The second kappa shape index (κ2) is 6.13. The number of halogens is 1. The summed E-state index contributed by atoms with van der Waals surface area (Å²) in [6.07, 6.45) is 0.0192. The number of anilines is 1. The first-order chi connectivity index (χ1) is 9.95. The average Bonchev–Trinajstić information content (AvgIpc) is 2.43. The lowest BCUT2D eigenvalue weighted by Gasteiger charge is -2.07. The molecule has 0 unspecified atom stereocenters. The van der Waals surface area contributed by atoms with Gasteiger partial charge in [0.25, 0.3) is 5.69 Å². The minimum absolute atomic E-state index is 0.0192. The third-order valence-electron chi connectivity index (χ3n) is 2.91. The molecule has 0 aromatic heterocycles. The summed E-state index contributed by atoms with van der Waals surface area (Å²) in [5.74, 6) is -0.883. The van der Waals surface area contributed by atoms with Gasteiger partial charge in [0.1, 0.15) is 5.82 Å². The smallest absolute Gasteiger partial charge is 0.269 e. The van der Waals surface area contributed by atoms with Crippen LogP contribution in [0.3, 0.4) is 0 Å². The Morgan fingerprint density at radius 1 is 1.24 bits per heavy atom. The number of amides is 1. The van der Waals surface area contributed by atoms with Crippen LogP contribution in [-0.2, 0) is 11.2 Å². The van der Waals surface area contributed by atoms with Crippen molar-refractivity contribution in [1.82, 2.24) is 0 Å². The van der Waals surface area contributed by atoms with Crippen LogP contribution in [0.5, 0.6) is 0 Å². The number of benzene rings is 2. The second-order valence-electron chi connectivity index (χ2n) is 4.63. The number of hydrogen-bond donors (Lipinski definition) is 1. The summed E-state index contributed by atoms with van der Waals surface area (Å²) in [7, 11) is 0. The molecule has 2 aromatic rings. The largest absolute Gasteiger partial charge is 0.323 e. The molecule has 0 saturated heterocycles. The Labute approximate surface area is 120 Å². The van der Waals surface area contributed by atoms with Crippen LogP contribution in [0.25, 0.3) is 0 Å². The Morgan fingerprint density at radius 3 is 2.52 bits per heavy atom. The number of nitrogens with one attached hydrogen (secondary N) is 1. The lowest BCUT2D eigenvalue weighted by Crippen LogP contribution is -2.15. The van der Waals surface area contributed by atoms with E-state index in [1.165, 1.54) is 30.3 Å². The minimum atomic E-state index is -0.508. The first kappa shape index (κ1) is 14.6. The molecule has 0 aliphatic carbocycles. The van der Waals surface area contributed by atoms with E-state index in [4.69, 9.17) is 0 Å². The van der Waals surface area contributed by atoms with Crippen LogP contribution in [0.15, 0.2) is 42.5 Å². The monoisotopic (exact) mass is 288 g/mol. The zero-order chi connectivity index (χ0) is 15.4. The lowest BCUT2D eigenvalue weighted by molar-refractivity contribution is -0.384. The molecule has 0 fully saturated rings. The first-order valence-electron chi connectivity index (χ1n) is 6.25. The molecule has 0 aliphatic heterocycles. The summed E-state index contributed by atoms with van der Waals surface area (Å²) in [5, 5.41) is 13.0. The maximum Gasteiger partial charge on any atom is 0.269 e. The molecule has 0 spiro atoms. The standard InChI is InChI=1S/C15H13FN2O3/c1-10-2-7-13(16)14(8-10)17-15(19)9-11-3-5-12(6-4-11)18(20)21/h2-8H,9H2,1H3,(H,17,19). The highest BCUT2D eigenvalue weighted by molar-refractivity contribution is 5.92. The van der Waals surface area contributed by atoms with Crippen LogP contribution in [0.1, 0.15) is 11.1 Å². The number of hydrogen-bond acceptors (Lipinski definition) is 3. The molecule has 0 radical (unpaired) electrons. The van der Waals surface area contributed by atoms with Gasteiger partial charge < -0.3 is 5.32 Å². The van der Waals surface area contributed by atoms with Crippen molar-refractivity contribution in [2.45, 2.75) is 13.3 Å². The number of carbonyl (C=O) groups is 1. The number of rotatable bonds is 4. The van der Waals surface area contributed by atoms with E-state index in [9.17, 15) is 19.3 Å². The highest BCUT2D eigenvalue weighted by Gasteiger charge is 2.10. The Kier molecular flexibility index (Phi) is 4.27. The van der Waals surface area contributed by atoms with Crippen LogP contribution < -0.4 is 5.32 Å². The Hall–Kier alpha value is -2.76. The van der Waals surface area contributed by atoms with Crippen LogP contribution in [-0.4, -0.2) is 10.8 Å². The number of aryl methyl sites for hydroxylation is 1. The van der Waals surface area contributed by atoms with E-state index in [2.05, 4.69) is 5.32 Å². The van der Waals surface area contributed by atoms with Crippen LogP contribution in [0.2, 0.25) is 0 Å². The molecule has 0 heterocycles. The minimum Gasteiger partial charge on any atom is -0.323 e. The zero-order valence-electron chi connectivity index (χ0n) is 11.3. The molecule has 0 atom stereocenters. The fraction of sp³-hybridized carbons (Fsp3) is 0.133. The molecule has 0 bridgehead atoms. The Morgan fingerprint density at radius 2 is 1.90 bits per heavy atom. The summed E-state index contributed by atoms with van der Waals surface area (Å²) < 4.78 is 13.5. The Bertz CT molecular complexity index is 684. The van der Waals surface area contributed by atoms with Crippen LogP contribution in [0, 0.1) is 22.9 Å². The Balaban J connectivity index is 2.04. The van der Waals surface area contributed by atoms with E-state index >= 15 is 0 Å². The predicted octanol–water partition coefficient (Wildman–Crippen LogP) is 3.22. The van der Waals surface area contributed by atoms with Gasteiger partial charge in [-0.25, -0.2) is 4.39 Å². The van der Waals surface area contributed by atoms with Gasteiger partial charge in [-0.05, 0) is 30.2 Å². The normalized spacial score (nSPS) is 10.2. The molecule has 0 aliphatic rings. The summed E-state index contributed by atoms with van der Waals surface area (Å²) >= 11 is 0. The van der Waals surface area contributed by atoms with Crippen LogP contribution >= 0.6 is 0 Å². The van der Waals surface area contributed by atoms with Gasteiger partial charge in [-0.2, -0.15) is 0 Å². The van der Waals surface area contributed by atoms with Crippen molar-refractivity contribution in [3.8, 4) is 0 Å². The van der Waals surface area contributed by atoms with Gasteiger partial charge in [0, 0.05) is 12.1 Å². The maximum absolute atomic E-state index is 13.5. The van der Waals surface area contributed by atoms with E-state index in [-0.39, 0.29) is 23.7 Å². The van der Waals surface area contributed by atoms with Crippen LogP contribution in [0.4, 0.5) is 15.8 Å². The van der Waals surface area contributed by atoms with Gasteiger partial charge >= 0.3 is 0 Å². The fourth-order valence-corrected chi connectivity index (χ4v) is 1.85. The number of non-ortho nitro benzene ring substituents is 1. The van der Waals surface area contributed by atoms with Crippen molar-refractivity contribution in [3.05, 3.63) is 69.5 Å². The zero-order valence-corrected chi connectivity index (χ0v) is 11.3. The summed E-state index contributed by atoms with van der Waals surface area (Å²) in [6, 6.07) is 10.1. The average molecular weight is 288 g/mol. The predicted molar refractivity (Wildman–Crippen MR) is 76.6 cm³/mol. The molecule has 21 heavy (non-hydrogen) atoms. The van der Waals surface area contributed by atoms with Gasteiger partial charge in [0.2, 0.25) is 5.91 Å². The molecule has 5 nitrogen and oxygen atoms in total. The molecular formula is C15H13FN2O3. The highest BCUT2D eigenvalue weighted by Crippen LogP contribution is 2.17. The van der Waals surface area contributed by atoms with E-state index in [1.807, 2.05) is 0 Å². The van der Waals surface area contributed by atoms with Crippen molar-refractivity contribution in [3.63, 3.8) is 0 Å². The summed E-state index contributed by atoms with van der Waals surface area (Å²) in [4.78, 5) is 21.9. The van der Waals surface area contributed by atoms with E-state index in [0.29, 0.717) is 5.56 Å². The van der Waals surface area contributed by atoms with E-state index < -0.39 is 10.7 Å².